The first-order valence-electron chi connectivity index (χ1n) is 42.1. The lowest BCUT2D eigenvalue weighted by Crippen LogP contribution is -2.57. The minimum atomic E-state index is -0.823. The second kappa shape index (κ2) is 48.6. The van der Waals surface area contributed by atoms with Crippen molar-refractivity contribution in [2.75, 3.05) is 25.0 Å². The molecular formula is C92H144N3O4+. The number of quaternary nitrogens is 1. The molecule has 550 valence electrons. The molecule has 4 aromatic rings. The number of carboxylic acids is 2. The summed E-state index contributed by atoms with van der Waals surface area (Å²) < 4.78 is 0.472. The molecule has 4 aromatic carbocycles. The number of aliphatic carboxylic acids is 2. The Kier molecular flexibility index (Phi) is 40.7. The van der Waals surface area contributed by atoms with Crippen molar-refractivity contribution in [1.29, 1.82) is 5.26 Å². The number of rotatable bonds is 60. The molecule has 3 unspecified atom stereocenters. The van der Waals surface area contributed by atoms with Crippen LogP contribution >= 0.6 is 0 Å². The Hall–Kier alpha value is -5.19. The number of carbonyl (C=O) groups is 2. The zero-order valence-electron chi connectivity index (χ0n) is 64.3. The summed E-state index contributed by atoms with van der Waals surface area (Å²) in [6.45, 7) is 10.0. The van der Waals surface area contributed by atoms with Crippen molar-refractivity contribution in [1.82, 2.24) is 4.48 Å². The van der Waals surface area contributed by atoms with Gasteiger partial charge in [-0.15, -0.1) is 0 Å². The van der Waals surface area contributed by atoms with E-state index in [1.165, 1.54) is 310 Å². The number of unbranched alkanes of at least 4 members (excludes halogenated alkanes) is 45. The van der Waals surface area contributed by atoms with E-state index in [0.29, 0.717) is 23.1 Å². The van der Waals surface area contributed by atoms with Crippen LogP contribution in [0.3, 0.4) is 0 Å². The monoisotopic (exact) mass is 1360 g/mol. The summed E-state index contributed by atoms with van der Waals surface area (Å²) >= 11 is 0. The van der Waals surface area contributed by atoms with Crippen molar-refractivity contribution >= 4 is 44.9 Å². The van der Waals surface area contributed by atoms with E-state index in [9.17, 15) is 25.1 Å². The fourth-order valence-electron chi connectivity index (χ4n) is 17.7. The van der Waals surface area contributed by atoms with E-state index in [4.69, 9.17) is 0 Å². The van der Waals surface area contributed by atoms with Crippen LogP contribution in [0.4, 0.5) is 11.4 Å². The topological polar surface area (TPSA) is 102 Å². The Morgan fingerprint density at radius 1 is 0.465 bits per heavy atom. The fourth-order valence-corrected chi connectivity index (χ4v) is 17.7. The highest BCUT2D eigenvalue weighted by atomic mass is 16.4. The second-order valence-corrected chi connectivity index (χ2v) is 31.5. The van der Waals surface area contributed by atoms with E-state index >= 15 is 0 Å². The van der Waals surface area contributed by atoms with Crippen molar-refractivity contribution in [3.8, 4) is 6.07 Å². The molecule has 2 heterocycles. The molecule has 99 heavy (non-hydrogen) atoms. The van der Waals surface area contributed by atoms with E-state index in [-0.39, 0.29) is 24.3 Å². The van der Waals surface area contributed by atoms with Gasteiger partial charge < -0.3 is 15.1 Å². The lowest BCUT2D eigenvalue weighted by atomic mass is 9.68. The minimum absolute atomic E-state index is 0.00546. The van der Waals surface area contributed by atoms with Crippen LogP contribution in [0.15, 0.2) is 108 Å². The molecule has 0 amide bonds. The third kappa shape index (κ3) is 27.5. The van der Waals surface area contributed by atoms with E-state index < -0.39 is 17.4 Å². The molecule has 0 fully saturated rings. The minimum Gasteiger partial charge on any atom is -0.481 e. The zero-order valence-corrected chi connectivity index (χ0v) is 64.3. The maximum absolute atomic E-state index is 12.9. The molecule has 7 heteroatoms. The largest absolute Gasteiger partial charge is 0.481 e. The van der Waals surface area contributed by atoms with Crippen molar-refractivity contribution in [3.05, 3.63) is 119 Å². The molecule has 0 radical (unpaired) electrons. The molecule has 2 N–H and O–H groups in total. The summed E-state index contributed by atoms with van der Waals surface area (Å²) in [4.78, 5) is 27.8. The van der Waals surface area contributed by atoms with Gasteiger partial charge in [0.05, 0.1) is 49.2 Å². The number of nitrogens with zero attached hydrogens (tertiary/aromatic N) is 3. The first-order chi connectivity index (χ1) is 48.5. The number of hydrogen-bond acceptors (Lipinski definition) is 4. The van der Waals surface area contributed by atoms with Gasteiger partial charge in [0.15, 0.2) is 0 Å². The molecule has 2 aliphatic heterocycles. The SMILES string of the molecule is CCCCCCCCCCCCCCCCCCC1(C)\C(=C/C=C(C#N)/C=C/C2C(CCCCCCCCCCCCCCCCCC)(CCCCCCCCCCCCCCCCCC)c3ccc4ccccc4c3[N+]2(C)CCC(=O)O)N(CCC(=O)O)c2c1ccc1ccccc21. The molecule has 0 bridgehead atoms. The molecule has 7 nitrogen and oxygen atoms in total. The average Bonchev–Trinajstić information content (AvgIpc) is 1.55. The molecule has 6 rings (SSSR count). The van der Waals surface area contributed by atoms with Crippen LogP contribution in [0.25, 0.3) is 21.5 Å². The van der Waals surface area contributed by atoms with E-state index in [1.807, 2.05) is 6.08 Å². The van der Waals surface area contributed by atoms with Crippen LogP contribution in [0.1, 0.15) is 379 Å². The van der Waals surface area contributed by atoms with E-state index in [0.717, 1.165) is 67.1 Å². The molecule has 0 saturated heterocycles. The molecule has 0 saturated carbocycles. The molecule has 2 aliphatic rings. The average molecular weight is 1360 g/mol. The van der Waals surface area contributed by atoms with Crippen molar-refractivity contribution < 1.29 is 19.8 Å². The summed E-state index contributed by atoms with van der Waals surface area (Å²) in [6, 6.07) is 29.2. The highest BCUT2D eigenvalue weighted by Gasteiger charge is 2.58. The van der Waals surface area contributed by atoms with Gasteiger partial charge in [-0.25, -0.2) is 0 Å². The van der Waals surface area contributed by atoms with Gasteiger partial charge in [-0.1, -0.05) is 396 Å². The summed E-state index contributed by atoms with van der Waals surface area (Å²) in [5.41, 5.74) is 5.89. The van der Waals surface area contributed by atoms with Gasteiger partial charge in [0.1, 0.15) is 11.7 Å². The summed E-state index contributed by atoms with van der Waals surface area (Å²) in [7, 11) is 2.31. The molecule has 3 atom stereocenters. The van der Waals surface area contributed by atoms with Crippen LogP contribution in [0.2, 0.25) is 0 Å². The van der Waals surface area contributed by atoms with E-state index in [2.05, 4.69) is 137 Å². The first kappa shape index (κ1) is 82.8. The standard InChI is InChI=1S/C92H143N3O4/c1-6-9-12-15-18-21-24-27-30-33-36-39-42-45-48-55-72-91(4)83-66-64-79-58-51-53-60-81(79)89(83)94(75-70-87(96)97)85(91)68-62-78(77-93)63-69-86-92(73-56-49-46-43-40-37-34-31-28-25-22-19-16-13-10-7-2,74-57-50-47-44-41-38-35-32-29-26-23-20-17-14-11-8-3)84-67-65-80-59-52-54-61-82(80)90(84)95(86,5)76-71-88(98)99/h51-54,58-69,86H,6-50,55-57,70-76H2,1-5H3,(H-,96,97,98,99)/p+1/b69-63+,78-62-,85-68+. The van der Waals surface area contributed by atoms with Crippen LogP contribution in [-0.4, -0.2) is 48.3 Å². The number of carboxylic acid groups (broad SMARTS) is 2. The zero-order chi connectivity index (χ0) is 70.5. The Morgan fingerprint density at radius 2 is 0.818 bits per heavy atom. The van der Waals surface area contributed by atoms with Gasteiger partial charge in [0, 0.05) is 34.0 Å². The van der Waals surface area contributed by atoms with Crippen LogP contribution in [-0.2, 0) is 20.4 Å². The van der Waals surface area contributed by atoms with Crippen molar-refractivity contribution in [3.63, 3.8) is 0 Å². The molecule has 0 aliphatic carbocycles. The predicted molar refractivity (Wildman–Crippen MR) is 429 cm³/mol. The molecule has 0 spiro atoms. The van der Waals surface area contributed by atoms with Gasteiger partial charge >= 0.3 is 11.9 Å². The number of nitriles is 1. The summed E-state index contributed by atoms with van der Waals surface area (Å²) in [5, 5.41) is 37.0. The highest BCUT2D eigenvalue weighted by molar-refractivity contribution is 6.00. The maximum Gasteiger partial charge on any atom is 0.309 e. The van der Waals surface area contributed by atoms with E-state index in [1.54, 1.807) is 0 Å². The fraction of sp³-hybridized carbons (Fsp3) is 0.685. The van der Waals surface area contributed by atoms with Crippen molar-refractivity contribution in [2.24, 2.45) is 0 Å². The number of benzene rings is 4. The van der Waals surface area contributed by atoms with Gasteiger partial charge in [0.25, 0.3) is 0 Å². The smallest absolute Gasteiger partial charge is 0.309 e. The quantitative estimate of drug-likeness (QED) is 0.0198. The second-order valence-electron chi connectivity index (χ2n) is 31.5. The van der Waals surface area contributed by atoms with Gasteiger partial charge in [-0.05, 0) is 72.9 Å². The van der Waals surface area contributed by atoms with Crippen LogP contribution in [0, 0.1) is 11.3 Å². The normalized spacial score (nSPS) is 17.8. The Bertz CT molecular complexity index is 2980. The molecular weight excluding hydrogens is 1210 g/mol. The van der Waals surface area contributed by atoms with Crippen LogP contribution < -0.4 is 9.38 Å². The lowest BCUT2D eigenvalue weighted by molar-refractivity contribution is -0.138. The maximum atomic E-state index is 12.9. The van der Waals surface area contributed by atoms with Gasteiger partial charge in [-0.2, -0.15) is 5.26 Å². The number of allylic oxidation sites excluding steroid dienone is 5. The Labute approximate surface area is 606 Å². The predicted octanol–water partition coefficient (Wildman–Crippen LogP) is 28.1. The third-order valence-electron chi connectivity index (χ3n) is 23.6. The van der Waals surface area contributed by atoms with Gasteiger partial charge in [0.2, 0.25) is 0 Å². The summed E-state index contributed by atoms with van der Waals surface area (Å²) in [6.07, 6.45) is 75.3. The number of likely N-dealkylation sites (N-methyl/N-ethyl adjacent to an activating group) is 1. The number of hydrogen-bond donors (Lipinski definition) is 2. The summed E-state index contributed by atoms with van der Waals surface area (Å²) in [5.74, 6) is -1.60. The molecule has 0 aromatic heterocycles. The van der Waals surface area contributed by atoms with Crippen molar-refractivity contribution in [2.45, 2.75) is 385 Å². The first-order valence-corrected chi connectivity index (χ1v) is 42.1. The van der Waals surface area contributed by atoms with Gasteiger partial charge in [-0.3, -0.25) is 14.1 Å². The third-order valence-corrected chi connectivity index (χ3v) is 23.6. The number of fused-ring (bicyclic) bond motifs is 6. The lowest BCUT2D eigenvalue weighted by Gasteiger charge is -2.42. The number of anilines is 1. The Balaban J connectivity index is 1.26. The highest BCUT2D eigenvalue weighted by Crippen LogP contribution is 2.58. The van der Waals surface area contributed by atoms with Crippen LogP contribution in [0.5, 0.6) is 0 Å². The Morgan fingerprint density at radius 3 is 1.21 bits per heavy atom.